The van der Waals surface area contributed by atoms with E-state index in [-0.39, 0.29) is 5.56 Å². The van der Waals surface area contributed by atoms with Gasteiger partial charge in [0.1, 0.15) is 21.8 Å². The minimum absolute atomic E-state index is 0.280. The van der Waals surface area contributed by atoms with E-state index in [1.807, 2.05) is 0 Å². The van der Waals surface area contributed by atoms with Crippen LogP contribution < -0.4 is 4.74 Å². The maximum atomic E-state index is 12.7. The molecule has 1 N–H and O–H groups in total. The number of ketones is 1. The van der Waals surface area contributed by atoms with Crippen LogP contribution in [0.15, 0.2) is 36.4 Å². The molecule has 0 bridgehead atoms. The second-order valence-corrected chi connectivity index (χ2v) is 11.0. The molecule has 0 aliphatic carbocycles. The molecule has 0 fully saturated rings. The molecule has 0 saturated carbocycles. The van der Waals surface area contributed by atoms with Gasteiger partial charge in [0.05, 0.1) is 7.11 Å². The first-order chi connectivity index (χ1) is 11.9. The predicted molar refractivity (Wildman–Crippen MR) is 96.6 cm³/mol. The highest BCUT2D eigenvalue weighted by atomic mass is 32.3. The lowest BCUT2D eigenvalue weighted by molar-refractivity contribution is -0.0541. The van der Waals surface area contributed by atoms with Crippen LogP contribution in [0.3, 0.4) is 0 Å². The fraction of sp³-hybridized carbons (Fsp3) is 0.312. The molecule has 0 radical (unpaired) electrons. The number of rotatable bonds is 5. The van der Waals surface area contributed by atoms with Crippen molar-refractivity contribution in [2.75, 3.05) is 25.4 Å². The Balaban J connectivity index is 2.44. The van der Waals surface area contributed by atoms with Crippen molar-refractivity contribution >= 4 is 37.0 Å². The Bertz CT molecular complexity index is 960. The van der Waals surface area contributed by atoms with Gasteiger partial charge in [-0.05, 0) is 17.5 Å². The van der Waals surface area contributed by atoms with Crippen molar-refractivity contribution in [1.82, 2.24) is 0 Å². The van der Waals surface area contributed by atoms with Gasteiger partial charge in [0, 0.05) is 23.5 Å². The lowest BCUT2D eigenvalue weighted by atomic mass is 10.0. The molecule has 0 aliphatic heterocycles. The van der Waals surface area contributed by atoms with Crippen LogP contribution in [0.1, 0.15) is 10.4 Å². The number of hydrogen-bond donors (Lipinski definition) is 1. The van der Waals surface area contributed by atoms with Crippen LogP contribution in [-0.4, -0.2) is 45.4 Å². The van der Waals surface area contributed by atoms with Crippen molar-refractivity contribution in [3.8, 4) is 5.75 Å². The molecular weight excluding hydrogens is 393 g/mol. The number of Topliss-reactive ketones (excluding diaryl/α,β-unsaturated/α-hetero) is 1. The van der Waals surface area contributed by atoms with E-state index in [1.54, 1.807) is 30.3 Å². The third kappa shape index (κ3) is 4.30. The average Bonchev–Trinajstić information content (AvgIpc) is 2.51. The Hall–Kier alpha value is -1.78. The number of halogens is 3. The van der Waals surface area contributed by atoms with Gasteiger partial charge in [0.15, 0.2) is 5.78 Å². The van der Waals surface area contributed by atoms with Crippen molar-refractivity contribution in [2.45, 2.75) is 5.51 Å². The summed E-state index contributed by atoms with van der Waals surface area (Å²) in [5.41, 5.74) is -5.14. The van der Waals surface area contributed by atoms with E-state index in [4.69, 9.17) is 9.29 Å². The first-order valence-corrected chi connectivity index (χ1v) is 11.2. The summed E-state index contributed by atoms with van der Waals surface area (Å²) in [7, 11) is -6.82. The molecule has 144 valence electrons. The van der Waals surface area contributed by atoms with Crippen LogP contribution >= 0.6 is 10.3 Å². The zero-order valence-electron chi connectivity index (χ0n) is 14.2. The third-order valence-corrected chi connectivity index (χ3v) is 7.21. The average molecular weight is 411 g/mol. The minimum atomic E-state index is -5.52. The van der Waals surface area contributed by atoms with E-state index >= 15 is 0 Å². The van der Waals surface area contributed by atoms with Crippen LogP contribution in [0, 0.1) is 0 Å². The number of methoxy groups -OCH3 is 1. The molecule has 26 heavy (non-hydrogen) atoms. The van der Waals surface area contributed by atoms with Gasteiger partial charge in [-0.2, -0.15) is 13.2 Å². The van der Waals surface area contributed by atoms with E-state index in [0.29, 0.717) is 16.5 Å². The van der Waals surface area contributed by atoms with Gasteiger partial charge in [0.25, 0.3) is 0 Å². The lowest BCUT2D eigenvalue weighted by Crippen LogP contribution is -2.25. The van der Waals surface area contributed by atoms with Crippen LogP contribution in [0.2, 0.25) is 0 Å². The molecule has 0 spiro atoms. The van der Waals surface area contributed by atoms with Gasteiger partial charge in [0.2, 0.25) is 0 Å². The monoisotopic (exact) mass is 411 g/mol. The van der Waals surface area contributed by atoms with Gasteiger partial charge in [-0.25, -0.2) is 4.55 Å². The zero-order chi connectivity index (χ0) is 19.8. The summed E-state index contributed by atoms with van der Waals surface area (Å²) in [6.45, 7) is 0. The van der Waals surface area contributed by atoms with Crippen molar-refractivity contribution < 1.29 is 34.7 Å². The smallest absolute Gasteiger partial charge is 0.496 e. The van der Waals surface area contributed by atoms with Crippen LogP contribution in [-0.2, 0) is 13.4 Å². The van der Waals surface area contributed by atoms with Crippen LogP contribution in [0.4, 0.5) is 13.2 Å². The summed E-state index contributed by atoms with van der Waals surface area (Å²) < 4.78 is 67.8. The summed E-state index contributed by atoms with van der Waals surface area (Å²) in [5, 5.41) is 1.25. The third-order valence-electron chi connectivity index (χ3n) is 3.45. The maximum Gasteiger partial charge on any atom is 0.576 e. The molecule has 0 aromatic heterocycles. The summed E-state index contributed by atoms with van der Waals surface area (Å²) in [6, 6.07) is 10.0. The van der Waals surface area contributed by atoms with Gasteiger partial charge in [-0.3, -0.25) is 4.79 Å². The predicted octanol–water partition coefficient (Wildman–Crippen LogP) is 4.17. The van der Waals surface area contributed by atoms with Crippen molar-refractivity contribution in [2.24, 2.45) is 0 Å². The number of hydrogen-bond acceptors (Lipinski definition) is 3. The maximum absolute atomic E-state index is 12.7. The Labute approximate surface area is 150 Å². The van der Waals surface area contributed by atoms with Crippen LogP contribution in [0.25, 0.3) is 10.8 Å². The minimum Gasteiger partial charge on any atom is -0.496 e. The van der Waals surface area contributed by atoms with Gasteiger partial charge < -0.3 is 4.74 Å². The highest BCUT2D eigenvalue weighted by molar-refractivity contribution is 8.30. The first kappa shape index (κ1) is 20.5. The molecule has 1 unspecified atom stereocenters. The zero-order valence-corrected chi connectivity index (χ0v) is 15.8. The number of benzene rings is 2. The summed E-state index contributed by atoms with van der Waals surface area (Å²) in [4.78, 5) is 12.7. The number of alkyl halides is 3. The molecule has 2 aromatic carbocycles. The molecular formula is C16H18F3O5S2+. The SMILES string of the molecule is COc1ccc(C(=O)CS(C)(C)[O+]=S(=O)(O)C(F)(F)F)c2ccccc12. The number of ether oxygens (including phenoxy) is 1. The normalized spacial score (nSPS) is 15.3. The topological polar surface area (TPSA) is 74.9 Å². The molecule has 2 rings (SSSR count). The molecule has 0 saturated heterocycles. The molecule has 0 amide bonds. The highest BCUT2D eigenvalue weighted by Crippen LogP contribution is 2.42. The van der Waals surface area contributed by atoms with E-state index < -0.39 is 37.5 Å². The van der Waals surface area contributed by atoms with Crippen molar-refractivity contribution in [3.63, 3.8) is 0 Å². The molecule has 1 atom stereocenters. The Kier molecular flexibility index (Phi) is 5.60. The highest BCUT2D eigenvalue weighted by Gasteiger charge is 2.55. The molecule has 0 aliphatic rings. The summed E-state index contributed by atoms with van der Waals surface area (Å²) >= 11 is 0. The quantitative estimate of drug-likeness (QED) is 0.347. The fourth-order valence-electron chi connectivity index (χ4n) is 2.40. The Morgan fingerprint density at radius 1 is 1.15 bits per heavy atom. The van der Waals surface area contributed by atoms with E-state index in [2.05, 4.69) is 3.29 Å². The van der Waals surface area contributed by atoms with Crippen molar-refractivity contribution in [1.29, 1.82) is 0 Å². The summed E-state index contributed by atoms with van der Waals surface area (Å²) in [6.07, 6.45) is 2.47. The van der Waals surface area contributed by atoms with Crippen LogP contribution in [0.5, 0.6) is 5.75 Å². The second kappa shape index (κ2) is 7.09. The van der Waals surface area contributed by atoms with E-state index in [9.17, 15) is 22.2 Å². The molecule has 0 heterocycles. The fourth-order valence-corrected chi connectivity index (χ4v) is 5.68. The number of carbonyl (C=O) groups is 1. The number of carbonyl (C=O) groups excluding carboxylic acids is 1. The Morgan fingerprint density at radius 2 is 1.73 bits per heavy atom. The van der Waals surface area contributed by atoms with Gasteiger partial charge in [-0.15, -0.1) is 7.49 Å². The molecule has 2 aromatic rings. The largest absolute Gasteiger partial charge is 0.576 e. The second-order valence-electron chi connectivity index (χ2n) is 5.85. The molecule has 5 nitrogen and oxygen atoms in total. The van der Waals surface area contributed by atoms with E-state index in [0.717, 1.165) is 0 Å². The Morgan fingerprint density at radius 3 is 2.27 bits per heavy atom. The van der Waals surface area contributed by atoms with E-state index in [1.165, 1.54) is 25.7 Å². The standard InChI is InChI=1S/C16H17F3O5S2/c1-23-15-9-8-12(11-6-4-5-7-13(11)15)14(20)10-25(2,3)24-26(21,22)16(17,18)19/h4-9H,10H2,1-3H3/p+1. The van der Waals surface area contributed by atoms with Crippen molar-refractivity contribution in [3.05, 3.63) is 42.0 Å². The first-order valence-electron chi connectivity index (χ1n) is 7.22. The van der Waals surface area contributed by atoms with Gasteiger partial charge >= 0.3 is 15.6 Å². The summed E-state index contributed by atoms with van der Waals surface area (Å²) in [5.74, 6) is -0.367. The lowest BCUT2D eigenvalue weighted by Gasteiger charge is -2.15. The van der Waals surface area contributed by atoms with Gasteiger partial charge in [-0.1, -0.05) is 24.3 Å². The molecule has 10 heteroatoms. The number of fused-ring (bicyclic) bond motifs is 1.